The molecule has 1 aliphatic rings. The largest absolute Gasteiger partial charge is 0.316 e. The molecular weight excluding hydrogens is 318 g/mol. The molecule has 1 nitrogen and oxygen atoms in total. The summed E-state index contributed by atoms with van der Waals surface area (Å²) in [5.74, 6) is 2.64. The van der Waals surface area contributed by atoms with Crippen LogP contribution in [-0.2, 0) is 6.42 Å². The Morgan fingerprint density at radius 2 is 2.21 bits per heavy atom. The summed E-state index contributed by atoms with van der Waals surface area (Å²) < 4.78 is 1.32. The van der Waals surface area contributed by atoms with Gasteiger partial charge < -0.3 is 5.32 Å². The minimum Gasteiger partial charge on any atom is -0.316 e. The van der Waals surface area contributed by atoms with Gasteiger partial charge >= 0.3 is 0 Å². The second-order valence-electron chi connectivity index (χ2n) is 6.04. The van der Waals surface area contributed by atoms with Crippen LogP contribution < -0.4 is 5.32 Å². The van der Waals surface area contributed by atoms with Crippen LogP contribution in [0.15, 0.2) is 15.9 Å². The lowest BCUT2D eigenvalue weighted by Crippen LogP contribution is -2.34. The first-order valence-electron chi connectivity index (χ1n) is 7.63. The fraction of sp³-hybridized carbons (Fsp3) is 0.750. The van der Waals surface area contributed by atoms with Crippen LogP contribution in [0.3, 0.4) is 0 Å². The lowest BCUT2D eigenvalue weighted by Gasteiger charge is -2.35. The van der Waals surface area contributed by atoms with Crippen LogP contribution in [0.1, 0.15) is 44.4 Å². The highest BCUT2D eigenvalue weighted by Gasteiger charge is 2.29. The molecule has 3 heteroatoms. The molecule has 3 atom stereocenters. The third-order valence-corrected chi connectivity index (χ3v) is 6.32. The van der Waals surface area contributed by atoms with Crippen molar-refractivity contribution < 1.29 is 0 Å². The van der Waals surface area contributed by atoms with Crippen LogP contribution in [0.4, 0.5) is 0 Å². The van der Waals surface area contributed by atoms with E-state index in [0.29, 0.717) is 0 Å². The molecule has 1 aromatic rings. The van der Waals surface area contributed by atoms with Crippen LogP contribution in [-0.4, -0.2) is 13.1 Å². The summed E-state index contributed by atoms with van der Waals surface area (Å²) in [5.41, 5.74) is 0. The Bertz CT molecular complexity index is 377. The number of halogens is 1. The van der Waals surface area contributed by atoms with Crippen molar-refractivity contribution in [2.24, 2.45) is 17.8 Å². The van der Waals surface area contributed by atoms with Crippen LogP contribution in [0, 0.1) is 17.8 Å². The molecule has 2 rings (SSSR count). The maximum Gasteiger partial charge on any atom is 0.0314 e. The zero-order valence-electron chi connectivity index (χ0n) is 12.1. The van der Waals surface area contributed by atoms with E-state index in [0.717, 1.165) is 17.8 Å². The molecule has 1 heterocycles. The van der Waals surface area contributed by atoms with Crippen molar-refractivity contribution in [1.29, 1.82) is 0 Å². The highest BCUT2D eigenvalue weighted by atomic mass is 79.9. The maximum atomic E-state index is 3.69. The Morgan fingerprint density at radius 3 is 2.89 bits per heavy atom. The Kier molecular flexibility index (Phi) is 6.37. The van der Waals surface area contributed by atoms with E-state index in [1.165, 1.54) is 49.7 Å². The van der Waals surface area contributed by atoms with Crippen molar-refractivity contribution in [3.8, 4) is 0 Å². The normalized spacial score (nSPS) is 27.6. The van der Waals surface area contributed by atoms with Crippen molar-refractivity contribution in [3.63, 3.8) is 0 Å². The first-order chi connectivity index (χ1) is 9.20. The van der Waals surface area contributed by atoms with Gasteiger partial charge in [-0.15, -0.1) is 11.3 Å². The third kappa shape index (κ3) is 4.57. The summed E-state index contributed by atoms with van der Waals surface area (Å²) in [5, 5.41) is 5.84. The standard InChI is InChI=1S/C16H26BrNS/c1-3-7-18-11-13-5-4-12(2)9-14(13)10-16-15(17)6-8-19-16/h6,8,12-14,18H,3-5,7,9-11H2,1-2H3. The molecular formula is C16H26BrNS. The summed E-state index contributed by atoms with van der Waals surface area (Å²) in [4.78, 5) is 1.54. The van der Waals surface area contributed by atoms with Crippen molar-refractivity contribution in [3.05, 3.63) is 20.8 Å². The molecule has 1 aliphatic carbocycles. The maximum absolute atomic E-state index is 3.69. The Hall–Kier alpha value is 0.140. The van der Waals surface area contributed by atoms with Gasteiger partial charge in [0.05, 0.1) is 0 Å². The molecule has 0 radical (unpaired) electrons. The average molecular weight is 344 g/mol. The highest BCUT2D eigenvalue weighted by molar-refractivity contribution is 9.10. The van der Waals surface area contributed by atoms with Gasteiger partial charge in [0.1, 0.15) is 0 Å². The number of thiophene rings is 1. The number of hydrogen-bond donors (Lipinski definition) is 1. The van der Waals surface area contributed by atoms with Gasteiger partial charge in [-0.3, -0.25) is 0 Å². The third-order valence-electron chi connectivity index (χ3n) is 4.37. The smallest absolute Gasteiger partial charge is 0.0314 e. The highest BCUT2D eigenvalue weighted by Crippen LogP contribution is 2.37. The molecule has 0 bridgehead atoms. The van der Waals surface area contributed by atoms with Gasteiger partial charge in [-0.2, -0.15) is 0 Å². The van der Waals surface area contributed by atoms with Crippen molar-refractivity contribution in [1.82, 2.24) is 5.32 Å². The van der Waals surface area contributed by atoms with Crippen LogP contribution in [0.5, 0.6) is 0 Å². The molecule has 1 saturated carbocycles. The lowest BCUT2D eigenvalue weighted by atomic mass is 9.73. The summed E-state index contributed by atoms with van der Waals surface area (Å²) in [7, 11) is 0. The molecule has 0 spiro atoms. The fourth-order valence-corrected chi connectivity index (χ4v) is 4.86. The summed E-state index contributed by atoms with van der Waals surface area (Å²) in [6.07, 6.45) is 6.74. The molecule has 0 aliphatic heterocycles. The molecule has 108 valence electrons. The van der Waals surface area contributed by atoms with E-state index in [2.05, 4.69) is 46.5 Å². The van der Waals surface area contributed by atoms with Crippen LogP contribution in [0.2, 0.25) is 0 Å². The quantitative estimate of drug-likeness (QED) is 0.708. The van der Waals surface area contributed by atoms with E-state index in [1.807, 2.05) is 11.3 Å². The summed E-state index contributed by atoms with van der Waals surface area (Å²) in [6.45, 7) is 7.05. The first kappa shape index (κ1) is 15.5. The molecule has 0 aromatic carbocycles. The molecule has 1 fully saturated rings. The van der Waals surface area contributed by atoms with E-state index in [-0.39, 0.29) is 0 Å². The molecule has 19 heavy (non-hydrogen) atoms. The Balaban J connectivity index is 1.94. The topological polar surface area (TPSA) is 12.0 Å². The second kappa shape index (κ2) is 7.80. The molecule has 0 saturated heterocycles. The van der Waals surface area contributed by atoms with Gasteiger partial charge in [-0.1, -0.05) is 20.3 Å². The summed E-state index contributed by atoms with van der Waals surface area (Å²) >= 11 is 5.59. The van der Waals surface area contributed by atoms with Gasteiger partial charge in [0.2, 0.25) is 0 Å². The minimum absolute atomic E-state index is 0.864. The van der Waals surface area contributed by atoms with Gasteiger partial charge in [0.15, 0.2) is 0 Å². The molecule has 3 unspecified atom stereocenters. The average Bonchev–Trinajstić information content (AvgIpc) is 2.78. The first-order valence-corrected chi connectivity index (χ1v) is 9.30. The van der Waals surface area contributed by atoms with Crippen molar-refractivity contribution in [2.75, 3.05) is 13.1 Å². The van der Waals surface area contributed by atoms with Crippen molar-refractivity contribution in [2.45, 2.75) is 46.0 Å². The van der Waals surface area contributed by atoms with Gasteiger partial charge in [-0.05, 0) is 83.9 Å². The minimum atomic E-state index is 0.864. The number of hydrogen-bond acceptors (Lipinski definition) is 2. The zero-order valence-corrected chi connectivity index (χ0v) is 14.5. The van der Waals surface area contributed by atoms with Gasteiger partial charge in [0, 0.05) is 9.35 Å². The lowest BCUT2D eigenvalue weighted by molar-refractivity contribution is 0.184. The second-order valence-corrected chi connectivity index (χ2v) is 7.89. The SMILES string of the molecule is CCCNCC1CCC(C)CC1Cc1sccc1Br. The predicted octanol–water partition coefficient (Wildman–Crippen LogP) is 5.11. The molecule has 1 aromatic heterocycles. The summed E-state index contributed by atoms with van der Waals surface area (Å²) in [6, 6.07) is 2.19. The fourth-order valence-electron chi connectivity index (χ4n) is 3.25. The predicted molar refractivity (Wildman–Crippen MR) is 88.9 cm³/mol. The molecule has 0 amide bonds. The monoisotopic (exact) mass is 343 g/mol. The van der Waals surface area contributed by atoms with Crippen molar-refractivity contribution >= 4 is 27.3 Å². The van der Waals surface area contributed by atoms with Gasteiger partial charge in [-0.25, -0.2) is 0 Å². The van der Waals surface area contributed by atoms with E-state index in [4.69, 9.17) is 0 Å². The van der Waals surface area contributed by atoms with Crippen LogP contribution in [0.25, 0.3) is 0 Å². The van der Waals surface area contributed by atoms with E-state index < -0.39 is 0 Å². The van der Waals surface area contributed by atoms with Crippen LogP contribution >= 0.6 is 27.3 Å². The van der Waals surface area contributed by atoms with Gasteiger partial charge in [0.25, 0.3) is 0 Å². The number of rotatable bonds is 6. The molecule has 1 N–H and O–H groups in total. The van der Waals surface area contributed by atoms with E-state index >= 15 is 0 Å². The number of nitrogens with one attached hydrogen (secondary N) is 1. The zero-order chi connectivity index (χ0) is 13.7. The van der Waals surface area contributed by atoms with E-state index in [1.54, 1.807) is 4.88 Å². The van der Waals surface area contributed by atoms with E-state index in [9.17, 15) is 0 Å². The Labute approximate surface area is 130 Å². The Morgan fingerprint density at radius 1 is 1.37 bits per heavy atom.